The first-order valence-electron chi connectivity index (χ1n) is 10.7. The number of aryl methyl sites for hydroxylation is 3. The van der Waals surface area contributed by atoms with Crippen molar-refractivity contribution in [2.24, 2.45) is 0 Å². The molecular weight excluding hydrogens is 422 g/mol. The lowest BCUT2D eigenvalue weighted by Gasteiger charge is -2.34. The van der Waals surface area contributed by atoms with Crippen LogP contribution in [0.2, 0.25) is 0 Å². The molecule has 6 nitrogen and oxygen atoms in total. The van der Waals surface area contributed by atoms with Crippen molar-refractivity contribution in [1.82, 2.24) is 14.2 Å². The first-order valence-corrected chi connectivity index (χ1v) is 12.1. The number of hydrogen-bond donors (Lipinski definition) is 0. The zero-order valence-corrected chi connectivity index (χ0v) is 19.4. The van der Waals surface area contributed by atoms with Gasteiger partial charge in [-0.2, -0.15) is 4.31 Å². The van der Waals surface area contributed by atoms with E-state index in [1.807, 2.05) is 69.3 Å². The number of amides is 1. The zero-order valence-electron chi connectivity index (χ0n) is 18.6. The Bertz CT molecular complexity index is 1250. The second-order valence-electron chi connectivity index (χ2n) is 8.14. The molecule has 2 aromatic carbocycles. The minimum atomic E-state index is -3.58. The molecule has 0 saturated carbocycles. The number of aromatic nitrogens is 1. The lowest BCUT2D eigenvalue weighted by atomic mass is 10.1. The molecule has 7 heteroatoms. The summed E-state index contributed by atoms with van der Waals surface area (Å²) in [6, 6.07) is 18.7. The Hall–Kier alpha value is -3.03. The molecule has 1 saturated heterocycles. The zero-order chi connectivity index (χ0) is 22.9. The SMILES string of the molecule is Cc1ccc(S(=O)(=O)N2CCN(C(=O)c3ccc(-c4ccccc4)nc3C)CC2)cc1C. The Kier molecular flexibility index (Phi) is 6.13. The van der Waals surface area contributed by atoms with Crippen LogP contribution in [0.5, 0.6) is 0 Å². The third kappa shape index (κ3) is 4.31. The van der Waals surface area contributed by atoms with E-state index in [-0.39, 0.29) is 19.0 Å². The van der Waals surface area contributed by atoms with Gasteiger partial charge in [-0.1, -0.05) is 36.4 Å². The summed E-state index contributed by atoms with van der Waals surface area (Å²) in [5, 5.41) is 0. The van der Waals surface area contributed by atoms with E-state index in [2.05, 4.69) is 4.98 Å². The Labute approximate surface area is 189 Å². The van der Waals surface area contributed by atoms with Crippen molar-refractivity contribution in [3.8, 4) is 11.3 Å². The van der Waals surface area contributed by atoms with E-state index in [9.17, 15) is 13.2 Å². The Morgan fingerprint density at radius 1 is 0.844 bits per heavy atom. The Balaban J connectivity index is 1.46. The van der Waals surface area contributed by atoms with Gasteiger partial charge in [-0.25, -0.2) is 8.42 Å². The molecule has 166 valence electrons. The van der Waals surface area contributed by atoms with Crippen LogP contribution in [0, 0.1) is 20.8 Å². The molecule has 1 fully saturated rings. The molecule has 32 heavy (non-hydrogen) atoms. The molecule has 0 spiro atoms. The molecule has 0 bridgehead atoms. The number of carbonyl (C=O) groups excluding carboxylic acids is 1. The van der Waals surface area contributed by atoms with E-state index in [4.69, 9.17) is 0 Å². The number of hydrogen-bond acceptors (Lipinski definition) is 4. The van der Waals surface area contributed by atoms with Crippen molar-refractivity contribution in [1.29, 1.82) is 0 Å². The van der Waals surface area contributed by atoms with Gasteiger partial charge < -0.3 is 4.90 Å². The van der Waals surface area contributed by atoms with Gasteiger partial charge >= 0.3 is 0 Å². The topological polar surface area (TPSA) is 70.6 Å². The molecule has 4 rings (SSSR count). The van der Waals surface area contributed by atoms with Crippen LogP contribution in [0.25, 0.3) is 11.3 Å². The van der Waals surface area contributed by atoms with E-state index < -0.39 is 10.0 Å². The predicted octanol–water partition coefficient (Wildman–Crippen LogP) is 3.82. The van der Waals surface area contributed by atoms with Crippen molar-refractivity contribution in [2.45, 2.75) is 25.7 Å². The number of sulfonamides is 1. The standard InChI is InChI=1S/C25H27N3O3S/c1-18-9-10-22(17-19(18)2)32(30,31)28-15-13-27(14-16-28)25(29)23-11-12-24(26-20(23)3)21-7-5-4-6-8-21/h4-12,17H,13-16H2,1-3H3. The molecule has 0 unspecified atom stereocenters. The van der Waals surface area contributed by atoms with E-state index in [0.29, 0.717) is 29.2 Å². The smallest absolute Gasteiger partial charge is 0.255 e. The monoisotopic (exact) mass is 449 g/mol. The number of carbonyl (C=O) groups is 1. The normalized spacial score (nSPS) is 15.0. The van der Waals surface area contributed by atoms with Crippen molar-refractivity contribution < 1.29 is 13.2 Å². The maximum Gasteiger partial charge on any atom is 0.255 e. The quantitative estimate of drug-likeness (QED) is 0.607. The minimum Gasteiger partial charge on any atom is -0.336 e. The Morgan fingerprint density at radius 2 is 1.53 bits per heavy atom. The lowest BCUT2D eigenvalue weighted by molar-refractivity contribution is 0.0696. The summed E-state index contributed by atoms with van der Waals surface area (Å²) in [5.74, 6) is -0.113. The third-order valence-electron chi connectivity index (χ3n) is 6.03. The molecule has 1 aliphatic rings. The predicted molar refractivity (Wildman–Crippen MR) is 125 cm³/mol. The first-order chi connectivity index (χ1) is 15.3. The second kappa shape index (κ2) is 8.84. The fraction of sp³-hybridized carbons (Fsp3) is 0.280. The van der Waals surface area contributed by atoms with Gasteiger partial charge in [-0.05, 0) is 56.2 Å². The maximum atomic E-state index is 13.1. The van der Waals surface area contributed by atoms with Crippen LogP contribution >= 0.6 is 0 Å². The number of pyridine rings is 1. The van der Waals surface area contributed by atoms with Gasteiger partial charge in [0.05, 0.1) is 21.8 Å². The third-order valence-corrected chi connectivity index (χ3v) is 7.92. The molecular formula is C25H27N3O3S. The van der Waals surface area contributed by atoms with Crippen molar-refractivity contribution in [3.63, 3.8) is 0 Å². The van der Waals surface area contributed by atoms with Crippen LogP contribution in [-0.2, 0) is 10.0 Å². The molecule has 0 radical (unpaired) electrons. The molecule has 1 aliphatic heterocycles. The van der Waals surface area contributed by atoms with Crippen LogP contribution in [0.1, 0.15) is 27.2 Å². The number of rotatable bonds is 4. The summed E-state index contributed by atoms with van der Waals surface area (Å²) in [6.45, 7) is 6.95. The average molecular weight is 450 g/mol. The summed E-state index contributed by atoms with van der Waals surface area (Å²) in [7, 11) is -3.58. The summed E-state index contributed by atoms with van der Waals surface area (Å²) in [6.07, 6.45) is 0. The van der Waals surface area contributed by atoms with Crippen LogP contribution < -0.4 is 0 Å². The highest BCUT2D eigenvalue weighted by Crippen LogP contribution is 2.23. The van der Waals surface area contributed by atoms with Crippen LogP contribution in [0.4, 0.5) is 0 Å². The highest BCUT2D eigenvalue weighted by Gasteiger charge is 2.31. The summed E-state index contributed by atoms with van der Waals surface area (Å²) >= 11 is 0. The molecule has 0 aliphatic carbocycles. The first kappa shape index (κ1) is 22.2. The van der Waals surface area contributed by atoms with Gasteiger partial charge in [-0.15, -0.1) is 0 Å². The van der Waals surface area contributed by atoms with Crippen LogP contribution in [-0.4, -0.2) is 54.7 Å². The molecule has 3 aromatic rings. The molecule has 0 N–H and O–H groups in total. The van der Waals surface area contributed by atoms with E-state index in [1.54, 1.807) is 17.0 Å². The summed E-state index contributed by atoms with van der Waals surface area (Å²) in [5.41, 5.74) is 5.05. The van der Waals surface area contributed by atoms with E-state index in [0.717, 1.165) is 22.4 Å². The van der Waals surface area contributed by atoms with Gasteiger partial charge in [0.15, 0.2) is 0 Å². The summed E-state index contributed by atoms with van der Waals surface area (Å²) in [4.78, 5) is 19.7. The molecule has 0 atom stereocenters. The van der Waals surface area contributed by atoms with E-state index >= 15 is 0 Å². The largest absolute Gasteiger partial charge is 0.336 e. The lowest BCUT2D eigenvalue weighted by Crippen LogP contribution is -2.50. The van der Waals surface area contributed by atoms with Gasteiger partial charge in [0, 0.05) is 31.7 Å². The molecule has 1 amide bonds. The van der Waals surface area contributed by atoms with Crippen molar-refractivity contribution in [3.05, 3.63) is 83.0 Å². The highest BCUT2D eigenvalue weighted by atomic mass is 32.2. The van der Waals surface area contributed by atoms with Gasteiger partial charge in [-0.3, -0.25) is 9.78 Å². The van der Waals surface area contributed by atoms with Crippen molar-refractivity contribution in [2.75, 3.05) is 26.2 Å². The highest BCUT2D eigenvalue weighted by molar-refractivity contribution is 7.89. The number of benzene rings is 2. The maximum absolute atomic E-state index is 13.1. The van der Waals surface area contributed by atoms with Crippen molar-refractivity contribution >= 4 is 15.9 Å². The second-order valence-corrected chi connectivity index (χ2v) is 10.1. The average Bonchev–Trinajstić information content (AvgIpc) is 2.81. The summed E-state index contributed by atoms with van der Waals surface area (Å²) < 4.78 is 27.5. The van der Waals surface area contributed by atoms with Crippen LogP contribution in [0.15, 0.2) is 65.6 Å². The van der Waals surface area contributed by atoms with E-state index in [1.165, 1.54) is 4.31 Å². The van der Waals surface area contributed by atoms with Gasteiger partial charge in [0.1, 0.15) is 0 Å². The number of piperazine rings is 1. The minimum absolute atomic E-state index is 0.113. The molecule has 1 aromatic heterocycles. The fourth-order valence-electron chi connectivity index (χ4n) is 3.88. The van der Waals surface area contributed by atoms with Gasteiger partial charge in [0.25, 0.3) is 5.91 Å². The molecule has 2 heterocycles. The Morgan fingerprint density at radius 3 is 2.16 bits per heavy atom. The van der Waals surface area contributed by atoms with Crippen LogP contribution in [0.3, 0.4) is 0 Å². The number of nitrogens with zero attached hydrogens (tertiary/aromatic N) is 3. The fourth-order valence-corrected chi connectivity index (χ4v) is 5.39. The van der Waals surface area contributed by atoms with Gasteiger partial charge in [0.2, 0.25) is 10.0 Å².